The third kappa shape index (κ3) is 4.64. The van der Waals surface area contributed by atoms with Gasteiger partial charge < -0.3 is 10.4 Å². The SMILES string of the molecule is C[C@@H](O)c1cccc(NC(=O)CCC2CCCCC2)c1. The van der Waals surface area contributed by atoms with Gasteiger partial charge in [-0.2, -0.15) is 0 Å². The van der Waals surface area contributed by atoms with Gasteiger partial charge in [-0.1, -0.05) is 44.2 Å². The number of aliphatic hydroxyl groups is 1. The Bertz CT molecular complexity index is 436. The third-order valence-electron chi connectivity index (χ3n) is 4.16. The lowest BCUT2D eigenvalue weighted by Crippen LogP contribution is -2.15. The minimum atomic E-state index is -0.505. The van der Waals surface area contributed by atoms with Crippen LogP contribution in [-0.4, -0.2) is 11.0 Å². The lowest BCUT2D eigenvalue weighted by molar-refractivity contribution is -0.116. The van der Waals surface area contributed by atoms with Gasteiger partial charge in [0.25, 0.3) is 0 Å². The summed E-state index contributed by atoms with van der Waals surface area (Å²) in [4.78, 5) is 12.0. The standard InChI is InChI=1S/C17H25NO2/c1-13(19)15-8-5-9-16(12-15)18-17(20)11-10-14-6-3-2-4-7-14/h5,8-9,12-14,19H,2-4,6-7,10-11H2,1H3,(H,18,20)/t13-/m1/s1. The lowest BCUT2D eigenvalue weighted by Gasteiger charge is -2.21. The predicted octanol–water partition coefficient (Wildman–Crippen LogP) is 4.04. The Hall–Kier alpha value is -1.35. The number of carbonyl (C=O) groups excluding carboxylic acids is 1. The predicted molar refractivity (Wildman–Crippen MR) is 81.5 cm³/mol. The van der Waals surface area contributed by atoms with Crippen molar-refractivity contribution in [3.05, 3.63) is 29.8 Å². The third-order valence-corrected chi connectivity index (χ3v) is 4.16. The molecule has 0 unspecified atom stereocenters. The van der Waals surface area contributed by atoms with Crippen molar-refractivity contribution in [1.29, 1.82) is 0 Å². The van der Waals surface area contributed by atoms with Crippen LogP contribution in [0.25, 0.3) is 0 Å². The monoisotopic (exact) mass is 275 g/mol. The molecule has 1 amide bonds. The summed E-state index contributed by atoms with van der Waals surface area (Å²) in [6, 6.07) is 7.43. The zero-order valence-corrected chi connectivity index (χ0v) is 12.3. The zero-order chi connectivity index (χ0) is 14.4. The Morgan fingerprint density at radius 1 is 1.35 bits per heavy atom. The summed E-state index contributed by atoms with van der Waals surface area (Å²) in [6.07, 6.45) is 7.66. The Balaban J connectivity index is 1.80. The molecule has 0 bridgehead atoms. The smallest absolute Gasteiger partial charge is 0.224 e. The lowest BCUT2D eigenvalue weighted by atomic mass is 9.86. The number of aliphatic hydroxyl groups excluding tert-OH is 1. The highest BCUT2D eigenvalue weighted by molar-refractivity contribution is 5.90. The minimum absolute atomic E-state index is 0.0818. The maximum absolute atomic E-state index is 12.0. The number of benzene rings is 1. The molecule has 1 saturated carbocycles. The molecule has 0 aliphatic heterocycles. The number of rotatable bonds is 5. The quantitative estimate of drug-likeness (QED) is 0.852. The van der Waals surface area contributed by atoms with E-state index in [0.717, 1.165) is 23.6 Å². The molecule has 1 aliphatic rings. The molecule has 3 nitrogen and oxygen atoms in total. The minimum Gasteiger partial charge on any atom is -0.389 e. The second kappa shape index (κ2) is 7.44. The molecule has 2 N–H and O–H groups in total. The summed E-state index contributed by atoms with van der Waals surface area (Å²) in [5.41, 5.74) is 1.60. The first kappa shape index (κ1) is 15.0. The number of amides is 1. The maximum atomic E-state index is 12.0. The van der Waals surface area contributed by atoms with Gasteiger partial charge in [0.05, 0.1) is 6.10 Å². The molecule has 0 spiro atoms. The Morgan fingerprint density at radius 3 is 2.80 bits per heavy atom. The second-order valence-electron chi connectivity index (χ2n) is 5.89. The number of anilines is 1. The van der Waals surface area contributed by atoms with Crippen LogP contribution in [0, 0.1) is 5.92 Å². The van der Waals surface area contributed by atoms with Crippen LogP contribution in [-0.2, 0) is 4.79 Å². The Morgan fingerprint density at radius 2 is 2.10 bits per heavy atom. The van der Waals surface area contributed by atoms with Gasteiger partial charge in [-0.15, -0.1) is 0 Å². The molecule has 1 aromatic rings. The molecule has 110 valence electrons. The van der Waals surface area contributed by atoms with Gasteiger partial charge in [0.2, 0.25) is 5.91 Å². The summed E-state index contributed by atoms with van der Waals surface area (Å²) in [7, 11) is 0. The van der Waals surface area contributed by atoms with Crippen molar-refractivity contribution in [2.45, 2.75) is 58.0 Å². The fourth-order valence-electron chi connectivity index (χ4n) is 2.91. The van der Waals surface area contributed by atoms with Crippen LogP contribution in [0.4, 0.5) is 5.69 Å². The first-order valence-electron chi connectivity index (χ1n) is 7.73. The van der Waals surface area contributed by atoms with Crippen LogP contribution in [0.1, 0.15) is 63.5 Å². The molecule has 1 aromatic carbocycles. The zero-order valence-electron chi connectivity index (χ0n) is 12.3. The topological polar surface area (TPSA) is 49.3 Å². The summed E-state index contributed by atoms with van der Waals surface area (Å²) < 4.78 is 0. The van der Waals surface area contributed by atoms with E-state index in [0.29, 0.717) is 6.42 Å². The normalized spacial score (nSPS) is 17.7. The fraction of sp³-hybridized carbons (Fsp3) is 0.588. The van der Waals surface area contributed by atoms with Gasteiger partial charge in [-0.3, -0.25) is 4.79 Å². The van der Waals surface area contributed by atoms with E-state index in [-0.39, 0.29) is 5.91 Å². The molecule has 1 aliphatic carbocycles. The molecule has 0 radical (unpaired) electrons. The van der Waals surface area contributed by atoms with Crippen molar-refractivity contribution in [3.8, 4) is 0 Å². The molecule has 0 aromatic heterocycles. The second-order valence-corrected chi connectivity index (χ2v) is 5.89. The van der Waals surface area contributed by atoms with E-state index in [2.05, 4.69) is 5.32 Å². The molecule has 1 fully saturated rings. The van der Waals surface area contributed by atoms with Crippen LogP contribution in [0.2, 0.25) is 0 Å². The van der Waals surface area contributed by atoms with E-state index in [1.54, 1.807) is 6.92 Å². The molecule has 1 atom stereocenters. The number of hydrogen-bond donors (Lipinski definition) is 2. The van der Waals surface area contributed by atoms with Crippen molar-refractivity contribution >= 4 is 11.6 Å². The maximum Gasteiger partial charge on any atom is 0.224 e. The van der Waals surface area contributed by atoms with Crippen molar-refractivity contribution in [3.63, 3.8) is 0 Å². The summed E-state index contributed by atoms with van der Waals surface area (Å²) in [5.74, 6) is 0.816. The van der Waals surface area contributed by atoms with E-state index in [1.165, 1.54) is 32.1 Å². The molecule has 0 saturated heterocycles. The van der Waals surface area contributed by atoms with Crippen LogP contribution < -0.4 is 5.32 Å². The van der Waals surface area contributed by atoms with Gasteiger partial charge in [0, 0.05) is 12.1 Å². The van der Waals surface area contributed by atoms with Gasteiger partial charge in [0.1, 0.15) is 0 Å². The van der Waals surface area contributed by atoms with Crippen LogP contribution in [0.3, 0.4) is 0 Å². The van der Waals surface area contributed by atoms with Gasteiger partial charge in [-0.05, 0) is 37.0 Å². The van der Waals surface area contributed by atoms with Crippen molar-refractivity contribution in [2.75, 3.05) is 5.32 Å². The summed E-state index contributed by atoms with van der Waals surface area (Å²) >= 11 is 0. The molecular weight excluding hydrogens is 250 g/mol. The van der Waals surface area contributed by atoms with Gasteiger partial charge in [-0.25, -0.2) is 0 Å². The molecule has 0 heterocycles. The average molecular weight is 275 g/mol. The Labute approximate surface area is 121 Å². The Kier molecular flexibility index (Phi) is 5.60. The van der Waals surface area contributed by atoms with E-state index in [9.17, 15) is 9.90 Å². The highest BCUT2D eigenvalue weighted by Gasteiger charge is 2.15. The largest absolute Gasteiger partial charge is 0.389 e. The number of nitrogens with one attached hydrogen (secondary N) is 1. The number of hydrogen-bond acceptors (Lipinski definition) is 2. The van der Waals surface area contributed by atoms with Crippen molar-refractivity contribution in [1.82, 2.24) is 0 Å². The highest BCUT2D eigenvalue weighted by atomic mass is 16.3. The van der Waals surface area contributed by atoms with E-state index in [4.69, 9.17) is 0 Å². The van der Waals surface area contributed by atoms with E-state index >= 15 is 0 Å². The first-order chi connectivity index (χ1) is 9.65. The molecular formula is C17H25NO2. The summed E-state index contributed by atoms with van der Waals surface area (Å²) in [6.45, 7) is 1.73. The summed E-state index contributed by atoms with van der Waals surface area (Å²) in [5, 5.41) is 12.5. The molecule has 3 heteroatoms. The van der Waals surface area contributed by atoms with Crippen molar-refractivity contribution in [2.24, 2.45) is 5.92 Å². The molecule has 2 rings (SSSR count). The van der Waals surface area contributed by atoms with Crippen molar-refractivity contribution < 1.29 is 9.90 Å². The fourth-order valence-corrected chi connectivity index (χ4v) is 2.91. The average Bonchev–Trinajstić information content (AvgIpc) is 2.46. The van der Waals surface area contributed by atoms with Crippen LogP contribution in [0.15, 0.2) is 24.3 Å². The highest BCUT2D eigenvalue weighted by Crippen LogP contribution is 2.27. The van der Waals surface area contributed by atoms with Gasteiger partial charge in [0.15, 0.2) is 0 Å². The number of carbonyl (C=O) groups is 1. The van der Waals surface area contributed by atoms with E-state index < -0.39 is 6.10 Å². The van der Waals surface area contributed by atoms with Crippen LogP contribution >= 0.6 is 0 Å². The van der Waals surface area contributed by atoms with Gasteiger partial charge >= 0.3 is 0 Å². The van der Waals surface area contributed by atoms with Crippen LogP contribution in [0.5, 0.6) is 0 Å². The molecule has 20 heavy (non-hydrogen) atoms. The van der Waals surface area contributed by atoms with E-state index in [1.807, 2.05) is 24.3 Å². The first-order valence-corrected chi connectivity index (χ1v) is 7.73.